The molecular weight excluding hydrogens is 404 g/mol. The van der Waals surface area contributed by atoms with Crippen molar-refractivity contribution in [3.8, 4) is 5.69 Å². The number of anilines is 1. The molecule has 3 rings (SSSR count). The van der Waals surface area contributed by atoms with E-state index in [-0.39, 0.29) is 6.03 Å². The van der Waals surface area contributed by atoms with Gasteiger partial charge < -0.3 is 9.88 Å². The van der Waals surface area contributed by atoms with E-state index in [0.717, 1.165) is 38.4 Å². The number of nitrogens with one attached hydrogen (secondary N) is 2. The Morgan fingerprint density at radius 2 is 1.67 bits per heavy atom. The van der Waals surface area contributed by atoms with Crippen LogP contribution in [0, 0.1) is 20.8 Å². The average molecular weight is 425 g/mol. The van der Waals surface area contributed by atoms with E-state index < -0.39 is 0 Å². The highest BCUT2D eigenvalue weighted by Crippen LogP contribution is 2.29. The van der Waals surface area contributed by atoms with Gasteiger partial charge in [0.2, 0.25) is 0 Å². The van der Waals surface area contributed by atoms with Crippen molar-refractivity contribution < 1.29 is 4.79 Å². The molecule has 6 heteroatoms. The Morgan fingerprint density at radius 3 is 2.37 bits per heavy atom. The fourth-order valence-corrected chi connectivity index (χ4v) is 3.52. The van der Waals surface area contributed by atoms with Crippen LogP contribution in [0.25, 0.3) is 5.69 Å². The van der Waals surface area contributed by atoms with Crippen molar-refractivity contribution in [3.63, 3.8) is 0 Å². The average Bonchev–Trinajstić information content (AvgIpc) is 2.87. The minimum atomic E-state index is -0.381. The number of carbonyl (C=O) groups excluding carboxylic acids is 1. The van der Waals surface area contributed by atoms with E-state index in [0.29, 0.717) is 0 Å². The molecular formula is C21H21BrN4O. The van der Waals surface area contributed by atoms with Crippen LogP contribution >= 0.6 is 15.9 Å². The zero-order valence-corrected chi connectivity index (χ0v) is 17.0. The predicted octanol–water partition coefficient (Wildman–Crippen LogP) is 5.32. The zero-order valence-electron chi connectivity index (χ0n) is 15.5. The lowest BCUT2D eigenvalue weighted by Crippen LogP contribution is -2.24. The zero-order chi connectivity index (χ0) is 19.4. The van der Waals surface area contributed by atoms with Crippen LogP contribution in [0.15, 0.2) is 64.2 Å². The summed E-state index contributed by atoms with van der Waals surface area (Å²) in [6, 6.07) is 17.3. The molecule has 2 aromatic carbocycles. The number of halogens is 1. The molecule has 0 radical (unpaired) electrons. The number of rotatable bonds is 4. The minimum Gasteiger partial charge on any atom is -0.317 e. The van der Waals surface area contributed by atoms with Crippen LogP contribution in [0.2, 0.25) is 0 Å². The summed E-state index contributed by atoms with van der Waals surface area (Å²) >= 11 is 3.64. The van der Waals surface area contributed by atoms with Gasteiger partial charge >= 0.3 is 6.03 Å². The van der Waals surface area contributed by atoms with E-state index in [1.807, 2.05) is 63.2 Å². The van der Waals surface area contributed by atoms with Gasteiger partial charge in [0, 0.05) is 32.8 Å². The van der Waals surface area contributed by atoms with E-state index in [9.17, 15) is 4.79 Å². The van der Waals surface area contributed by atoms with Crippen LogP contribution in [-0.2, 0) is 0 Å². The van der Waals surface area contributed by atoms with Crippen molar-refractivity contribution in [1.82, 2.24) is 9.99 Å². The Bertz CT molecular complexity index is 993. The van der Waals surface area contributed by atoms with Crippen molar-refractivity contribution in [2.75, 3.05) is 5.32 Å². The number of aryl methyl sites for hydroxylation is 1. The summed E-state index contributed by atoms with van der Waals surface area (Å²) < 4.78 is 3.10. The van der Waals surface area contributed by atoms with Gasteiger partial charge in [-0.1, -0.05) is 36.4 Å². The number of amides is 2. The van der Waals surface area contributed by atoms with Crippen molar-refractivity contribution >= 4 is 33.9 Å². The van der Waals surface area contributed by atoms with Gasteiger partial charge in [-0.25, -0.2) is 10.2 Å². The Hall–Kier alpha value is -2.86. The van der Waals surface area contributed by atoms with Crippen molar-refractivity contribution in [2.24, 2.45) is 5.10 Å². The first kappa shape index (κ1) is 18.9. The predicted molar refractivity (Wildman–Crippen MR) is 114 cm³/mol. The first-order chi connectivity index (χ1) is 13.0. The molecule has 1 heterocycles. The van der Waals surface area contributed by atoms with Gasteiger partial charge in [0.25, 0.3) is 0 Å². The fourth-order valence-electron chi connectivity index (χ4n) is 2.96. The van der Waals surface area contributed by atoms with Crippen molar-refractivity contribution in [2.45, 2.75) is 20.8 Å². The Kier molecular flexibility index (Phi) is 5.76. The molecule has 0 saturated carbocycles. The molecule has 0 aliphatic carbocycles. The second-order valence-electron chi connectivity index (χ2n) is 6.21. The summed E-state index contributed by atoms with van der Waals surface area (Å²) in [5.74, 6) is 0. The Labute approximate surface area is 167 Å². The maximum absolute atomic E-state index is 12.1. The molecule has 5 nitrogen and oxygen atoms in total. The van der Waals surface area contributed by atoms with Crippen LogP contribution in [0.3, 0.4) is 0 Å². The standard InChI is InChI=1S/C21H21BrN4O/c1-14-9-7-8-12-19(14)24-21(27)25-23-13-18-15(2)26(16(3)20(18)22)17-10-5-4-6-11-17/h4-13H,1-3H3,(H2,24,25,27)/b23-13+. The lowest BCUT2D eigenvalue weighted by atomic mass is 10.2. The molecule has 0 bridgehead atoms. The quantitative estimate of drug-likeness (QED) is 0.431. The Balaban J connectivity index is 1.76. The monoisotopic (exact) mass is 424 g/mol. The summed E-state index contributed by atoms with van der Waals surface area (Å²) in [5.41, 5.74) is 8.38. The largest absolute Gasteiger partial charge is 0.339 e. The van der Waals surface area contributed by atoms with Crippen LogP contribution in [-0.4, -0.2) is 16.8 Å². The van der Waals surface area contributed by atoms with Crippen LogP contribution in [0.1, 0.15) is 22.5 Å². The number of carbonyl (C=O) groups is 1. The molecule has 1 aromatic heterocycles. The normalized spacial score (nSPS) is 11.0. The summed E-state index contributed by atoms with van der Waals surface area (Å²) in [5, 5.41) is 6.89. The van der Waals surface area contributed by atoms with E-state index in [4.69, 9.17) is 0 Å². The molecule has 0 saturated heterocycles. The third-order valence-electron chi connectivity index (χ3n) is 4.38. The molecule has 2 amide bonds. The smallest absolute Gasteiger partial charge is 0.317 e. The molecule has 27 heavy (non-hydrogen) atoms. The number of benzene rings is 2. The fraction of sp³-hybridized carbons (Fsp3) is 0.143. The van der Waals surface area contributed by atoms with E-state index in [1.54, 1.807) is 6.21 Å². The number of para-hydroxylation sites is 2. The number of hydrogen-bond acceptors (Lipinski definition) is 2. The number of hydrazone groups is 1. The van der Waals surface area contributed by atoms with Gasteiger partial charge in [0.1, 0.15) is 0 Å². The molecule has 0 atom stereocenters. The minimum absolute atomic E-state index is 0.381. The van der Waals surface area contributed by atoms with E-state index >= 15 is 0 Å². The van der Waals surface area contributed by atoms with Crippen LogP contribution in [0.4, 0.5) is 10.5 Å². The molecule has 138 valence electrons. The van der Waals surface area contributed by atoms with Gasteiger partial charge in [-0.05, 0) is 60.5 Å². The summed E-state index contributed by atoms with van der Waals surface area (Å²) in [4.78, 5) is 12.1. The van der Waals surface area contributed by atoms with Crippen LogP contribution < -0.4 is 10.7 Å². The third-order valence-corrected chi connectivity index (χ3v) is 5.38. The molecule has 0 unspecified atom stereocenters. The number of nitrogens with zero attached hydrogens (tertiary/aromatic N) is 2. The maximum atomic E-state index is 12.1. The molecule has 2 N–H and O–H groups in total. The number of urea groups is 1. The first-order valence-corrected chi connectivity index (χ1v) is 9.37. The lowest BCUT2D eigenvalue weighted by molar-refractivity contribution is 0.252. The highest BCUT2D eigenvalue weighted by atomic mass is 79.9. The molecule has 0 aliphatic rings. The van der Waals surface area contributed by atoms with Crippen LogP contribution in [0.5, 0.6) is 0 Å². The lowest BCUT2D eigenvalue weighted by Gasteiger charge is -2.09. The van der Waals surface area contributed by atoms with Gasteiger partial charge in [0.15, 0.2) is 0 Å². The van der Waals surface area contributed by atoms with E-state index in [1.165, 1.54) is 0 Å². The topological polar surface area (TPSA) is 58.4 Å². The molecule has 3 aromatic rings. The number of aromatic nitrogens is 1. The van der Waals surface area contributed by atoms with Crippen molar-refractivity contribution in [1.29, 1.82) is 0 Å². The molecule has 0 spiro atoms. The maximum Gasteiger partial charge on any atom is 0.339 e. The molecule has 0 aliphatic heterocycles. The highest BCUT2D eigenvalue weighted by molar-refractivity contribution is 9.10. The second kappa shape index (κ2) is 8.22. The highest BCUT2D eigenvalue weighted by Gasteiger charge is 2.15. The summed E-state index contributed by atoms with van der Waals surface area (Å²) in [6.07, 6.45) is 1.66. The van der Waals surface area contributed by atoms with Gasteiger partial charge in [-0.15, -0.1) is 0 Å². The van der Waals surface area contributed by atoms with E-state index in [2.05, 4.69) is 48.5 Å². The summed E-state index contributed by atoms with van der Waals surface area (Å²) in [6.45, 7) is 6.01. The second-order valence-corrected chi connectivity index (χ2v) is 7.00. The SMILES string of the molecule is Cc1ccccc1NC(=O)N/N=C/c1c(Br)c(C)n(-c2ccccc2)c1C. The first-order valence-electron chi connectivity index (χ1n) is 8.57. The third kappa shape index (κ3) is 4.11. The summed E-state index contributed by atoms with van der Waals surface area (Å²) in [7, 11) is 0. The Morgan fingerprint density at radius 1 is 1.00 bits per heavy atom. The van der Waals surface area contributed by atoms with Gasteiger partial charge in [-0.2, -0.15) is 5.10 Å². The molecule has 0 fully saturated rings. The number of hydrogen-bond donors (Lipinski definition) is 2. The van der Waals surface area contributed by atoms with Gasteiger partial charge in [0.05, 0.1) is 6.21 Å². The van der Waals surface area contributed by atoms with Crippen molar-refractivity contribution in [3.05, 3.63) is 81.6 Å². The van der Waals surface area contributed by atoms with Gasteiger partial charge in [-0.3, -0.25) is 0 Å².